The number of hydrogen-bond acceptors (Lipinski definition) is 20. The molecule has 23 heteroatoms. The normalized spacial score (nSPS) is 37.1. The number of carbonyl (C=O) groups excluding carboxylic acids is 2. The zero-order valence-corrected chi connectivity index (χ0v) is 48.4. The summed E-state index contributed by atoms with van der Waals surface area (Å²) in [5.41, 5.74) is -4.64. The summed E-state index contributed by atoms with van der Waals surface area (Å²) in [6.45, 7) is 17.0. The number of fused-ring (bicyclic) bond motifs is 1. The van der Waals surface area contributed by atoms with Crippen molar-refractivity contribution in [1.82, 2.24) is 14.9 Å². The fourth-order valence-corrected chi connectivity index (χ4v) is 12.7. The Bertz CT molecular complexity index is 2510. The Hall–Kier alpha value is -3.69. The highest BCUT2D eigenvalue weighted by Gasteiger charge is 2.55. The second-order valence-corrected chi connectivity index (χ2v) is 24.1. The molecule has 0 amide bonds. The van der Waals surface area contributed by atoms with Gasteiger partial charge in [0.15, 0.2) is 12.6 Å². The average Bonchev–Trinajstić information content (AvgIpc) is 3.37. The van der Waals surface area contributed by atoms with E-state index in [1.54, 1.807) is 66.7 Å². The number of carbonyl (C=O) groups is 3. The maximum atomic E-state index is 14.6. The number of aromatic nitrogens is 1. The first-order chi connectivity index (χ1) is 35.9. The molecule has 3 aliphatic rings. The van der Waals surface area contributed by atoms with Crippen LogP contribution in [0.25, 0.3) is 10.9 Å². The molecule has 2 aromatic rings. The summed E-state index contributed by atoms with van der Waals surface area (Å²) in [4.78, 5) is 60.5. The van der Waals surface area contributed by atoms with Crippen molar-refractivity contribution in [2.45, 2.75) is 192 Å². The lowest BCUT2D eigenvalue weighted by molar-refractivity contribution is -0.317. The molecule has 0 aliphatic carbocycles. The predicted octanol–water partition coefficient (Wildman–Crippen LogP) is 3.09. The van der Waals surface area contributed by atoms with Crippen molar-refractivity contribution in [2.75, 3.05) is 54.3 Å². The number of nitrogens with zero attached hydrogens (tertiary/aromatic N) is 2. The minimum Gasteiger partial charge on any atom is -0.477 e. The van der Waals surface area contributed by atoms with Crippen molar-refractivity contribution < 1.29 is 85.4 Å². The number of aliphatic hydroxyl groups is 3. The van der Waals surface area contributed by atoms with Crippen molar-refractivity contribution in [3.05, 3.63) is 45.7 Å². The predicted molar refractivity (Wildman–Crippen MR) is 283 cm³/mol. The van der Waals surface area contributed by atoms with E-state index in [9.17, 15) is 48.0 Å². The fraction of sp³-hybridized carbons (Fsp3) is 0.778. The van der Waals surface area contributed by atoms with E-state index in [2.05, 4.69) is 5.32 Å². The van der Waals surface area contributed by atoms with Crippen molar-refractivity contribution >= 4 is 38.7 Å². The third-order valence-corrected chi connectivity index (χ3v) is 17.5. The van der Waals surface area contributed by atoms with E-state index >= 15 is 0 Å². The highest BCUT2D eigenvalue weighted by molar-refractivity contribution is 7.86. The van der Waals surface area contributed by atoms with Crippen LogP contribution < -0.4 is 15.6 Å². The third kappa shape index (κ3) is 14.6. The van der Waals surface area contributed by atoms with E-state index in [1.165, 1.54) is 39.9 Å². The molecule has 3 saturated heterocycles. The molecule has 0 bridgehead atoms. The number of ether oxygens (including phenoxy) is 7. The van der Waals surface area contributed by atoms with Gasteiger partial charge in [-0.05, 0) is 112 Å². The number of pyridine rings is 1. The molecule has 0 unspecified atom stereocenters. The van der Waals surface area contributed by atoms with E-state index in [4.69, 9.17) is 42.2 Å². The maximum Gasteiger partial charge on any atom is 0.341 e. The Balaban J connectivity index is 1.37. The number of methoxy groups -OCH3 is 2. The number of aliphatic hydroxyl groups excluding tert-OH is 2. The van der Waals surface area contributed by atoms with Gasteiger partial charge >= 0.3 is 11.9 Å². The summed E-state index contributed by atoms with van der Waals surface area (Å²) >= 11 is 0. The molecule has 438 valence electrons. The van der Waals surface area contributed by atoms with Crippen molar-refractivity contribution in [2.24, 2.45) is 23.7 Å². The lowest BCUT2D eigenvalue weighted by Crippen LogP contribution is -2.62. The largest absolute Gasteiger partial charge is 0.477 e. The Kier molecular flexibility index (Phi) is 21.9. The number of benzene rings is 1. The quantitative estimate of drug-likeness (QED) is 0.0767. The lowest BCUT2D eigenvalue weighted by Gasteiger charge is -2.50. The van der Waals surface area contributed by atoms with Crippen LogP contribution in [0, 0.1) is 23.7 Å². The van der Waals surface area contributed by atoms with Crippen LogP contribution in [0.1, 0.15) is 117 Å². The molecule has 22 nitrogen and oxygen atoms in total. The Morgan fingerprint density at radius 2 is 1.56 bits per heavy atom. The minimum atomic E-state index is -4.22. The molecular weight excluding hydrogens is 1030 g/mol. The number of rotatable bonds is 19. The zero-order chi connectivity index (χ0) is 57.7. The number of carboxylic acid groups (broad SMARTS) is 1. The third-order valence-electron chi connectivity index (χ3n) is 16.3. The molecule has 4 heterocycles. The van der Waals surface area contributed by atoms with Crippen molar-refractivity contribution in [3.8, 4) is 0 Å². The van der Waals surface area contributed by atoms with Crippen LogP contribution in [0.15, 0.2) is 29.2 Å². The molecule has 3 aliphatic heterocycles. The molecular formula is C54H87N3O19S. The highest BCUT2D eigenvalue weighted by Crippen LogP contribution is 2.42. The molecule has 0 radical (unpaired) electrons. The molecule has 5 rings (SSSR count). The number of cyclic esters (lactones) is 1. The summed E-state index contributed by atoms with van der Waals surface area (Å²) < 4.78 is 79.3. The number of aryl methyl sites for hydroxylation is 1. The van der Waals surface area contributed by atoms with Gasteiger partial charge in [0.25, 0.3) is 10.1 Å². The number of aromatic carboxylic acids is 1. The van der Waals surface area contributed by atoms with Gasteiger partial charge in [0.1, 0.15) is 42.4 Å². The number of likely N-dealkylation sites (N-methyl/N-ethyl adjacent to an activating group) is 1. The van der Waals surface area contributed by atoms with Crippen molar-refractivity contribution in [3.63, 3.8) is 0 Å². The van der Waals surface area contributed by atoms with Gasteiger partial charge in [0, 0.05) is 51.0 Å². The zero-order valence-electron chi connectivity index (χ0n) is 47.5. The number of nitrogens with one attached hydrogen (secondary N) is 1. The number of carboxylic acids is 1. The summed E-state index contributed by atoms with van der Waals surface area (Å²) in [6, 6.07) is 4.75. The van der Waals surface area contributed by atoms with Gasteiger partial charge in [-0.1, -0.05) is 33.8 Å². The Labute approximate surface area is 453 Å². The van der Waals surface area contributed by atoms with Crippen LogP contribution in [0.4, 0.5) is 0 Å². The SMILES string of the molecule is CC[C@H]1OC(=O)[C@H](C)[C@@H](O[C@H]2C[C@@](C)(OC)[C@@H](OS(=O)(=O)CCNCCCc3ccc4c(c3)c(=O)c(C(=O)O)cn4OC)[C@H](C)O2)[C@H](C)[C@@H](O[C@@H]2O[C@H](C)C[C@H](N(C)C)[C@H]2O)[C@](C)(OC)C[C@@H](C)C(=O)[C@H](C)[C@@H](O)[C@]1(C)O. The van der Waals surface area contributed by atoms with Gasteiger partial charge in [0.05, 0.1) is 70.5 Å². The van der Waals surface area contributed by atoms with Gasteiger partial charge in [-0.15, -0.1) is 0 Å². The van der Waals surface area contributed by atoms with E-state index in [1.807, 2.05) is 25.9 Å². The van der Waals surface area contributed by atoms with Crippen LogP contribution in [-0.2, 0) is 63.5 Å². The van der Waals surface area contributed by atoms with Crippen molar-refractivity contribution in [1.29, 1.82) is 0 Å². The molecule has 3 fully saturated rings. The van der Waals surface area contributed by atoms with Crippen LogP contribution in [0.5, 0.6) is 0 Å². The minimum absolute atomic E-state index is 0.0277. The second kappa shape index (κ2) is 26.3. The molecule has 5 N–H and O–H groups in total. The molecule has 0 spiro atoms. The summed E-state index contributed by atoms with van der Waals surface area (Å²) in [5, 5.41) is 48.1. The average molecular weight is 1110 g/mol. The fourth-order valence-electron chi connectivity index (χ4n) is 11.5. The lowest BCUT2D eigenvalue weighted by atomic mass is 9.74. The van der Waals surface area contributed by atoms with Gasteiger partial charge in [-0.25, -0.2) is 4.79 Å². The second-order valence-electron chi connectivity index (χ2n) is 22.4. The number of Topliss-reactive ketones (excluding diaryl/α,β-unsaturated/α-hetero) is 1. The van der Waals surface area contributed by atoms with E-state index in [0.717, 1.165) is 11.8 Å². The molecule has 1 aromatic heterocycles. The molecule has 77 heavy (non-hydrogen) atoms. The standard InChI is InChI=1S/C54H87N3O19S/c1-16-40-54(10,65)46(61)31(4)42(58)29(2)26-52(8,68-13)47(75-51-44(60)39(56(11)12)24-30(3)71-51)32(5)45(33(6)50(64)73-40)74-41-27-53(9,69-14)48(34(7)72-41)76-77(66,67)23-22-55-21-17-18-35-19-20-38-36(25-35)43(59)37(49(62)63)28-57(38)70-15/h19-20,25,28-34,39-41,44-48,51,55,60-61,65H,16-18,21-24,26-27H2,1-15H3,(H,62,63)/t29-,30-,31+,32+,33-,34+,39+,40-,41+,44-,45+,46-,47-,48+,51+,52-,53-,54-/m1/s1. The summed E-state index contributed by atoms with van der Waals surface area (Å²) in [6.07, 6.45) is -8.42. The first-order valence-electron chi connectivity index (χ1n) is 26.7. The first-order valence-corrected chi connectivity index (χ1v) is 28.3. The Morgan fingerprint density at radius 3 is 2.16 bits per heavy atom. The molecule has 1 aromatic carbocycles. The van der Waals surface area contributed by atoms with Gasteiger partial charge in [-0.3, -0.25) is 18.6 Å². The van der Waals surface area contributed by atoms with Gasteiger partial charge < -0.3 is 68.6 Å². The first kappa shape index (κ1) is 64.1. The number of esters is 1. The monoisotopic (exact) mass is 1110 g/mol. The number of hydrogen-bond donors (Lipinski definition) is 5. The molecule has 0 saturated carbocycles. The van der Waals surface area contributed by atoms with Gasteiger partial charge in [0.2, 0.25) is 5.43 Å². The summed E-state index contributed by atoms with van der Waals surface area (Å²) in [5.74, 6) is -6.83. The van der Waals surface area contributed by atoms with E-state index in [0.29, 0.717) is 31.3 Å². The van der Waals surface area contributed by atoms with Crippen LogP contribution >= 0.6 is 0 Å². The number of ketones is 1. The Morgan fingerprint density at radius 1 is 0.909 bits per heavy atom. The molecule has 18 atom stereocenters. The van der Waals surface area contributed by atoms with E-state index in [-0.39, 0.29) is 49.1 Å². The van der Waals surface area contributed by atoms with E-state index < -0.39 is 135 Å². The van der Waals surface area contributed by atoms with Gasteiger partial charge in [-0.2, -0.15) is 13.1 Å². The highest BCUT2D eigenvalue weighted by atomic mass is 32.2. The van der Waals surface area contributed by atoms with Crippen LogP contribution in [0.2, 0.25) is 0 Å². The van der Waals surface area contributed by atoms with Crippen LogP contribution in [0.3, 0.4) is 0 Å². The van der Waals surface area contributed by atoms with Crippen LogP contribution in [-0.4, -0.2) is 195 Å². The maximum absolute atomic E-state index is 14.6. The topological polar surface area (TPSA) is 287 Å². The smallest absolute Gasteiger partial charge is 0.341 e. The summed E-state index contributed by atoms with van der Waals surface area (Å²) in [7, 11) is 3.72.